The van der Waals surface area contributed by atoms with Crippen LogP contribution in [0.2, 0.25) is 0 Å². The predicted molar refractivity (Wildman–Crippen MR) is 99.8 cm³/mol. The highest BCUT2D eigenvalue weighted by molar-refractivity contribution is 7.89. The molecule has 0 spiro atoms. The lowest BCUT2D eigenvalue weighted by molar-refractivity contribution is 0.0526. The summed E-state index contributed by atoms with van der Waals surface area (Å²) in [5, 5.41) is 0. The van der Waals surface area contributed by atoms with Crippen LogP contribution in [0.5, 0.6) is 0 Å². The fourth-order valence-corrected chi connectivity index (χ4v) is 4.39. The second-order valence-electron chi connectivity index (χ2n) is 5.97. The van der Waals surface area contributed by atoms with E-state index in [4.69, 9.17) is 4.74 Å². The zero-order valence-electron chi connectivity index (χ0n) is 14.7. The van der Waals surface area contributed by atoms with E-state index < -0.39 is 10.0 Å². The minimum atomic E-state index is -3.45. The SMILES string of the molecule is CCOC(=O)c1ccc(N2CCN(S(=O)(=O)c3ccccc3)CC2)cc1. The molecule has 1 fully saturated rings. The van der Waals surface area contributed by atoms with Crippen LogP contribution >= 0.6 is 0 Å². The first kappa shape index (κ1) is 18.4. The van der Waals surface area contributed by atoms with Gasteiger partial charge in [-0.15, -0.1) is 0 Å². The number of piperazine rings is 1. The molecule has 0 radical (unpaired) electrons. The summed E-state index contributed by atoms with van der Waals surface area (Å²) in [4.78, 5) is 14.2. The molecule has 0 saturated carbocycles. The first-order valence-electron chi connectivity index (χ1n) is 8.59. The minimum absolute atomic E-state index is 0.326. The summed E-state index contributed by atoms with van der Waals surface area (Å²) in [5.74, 6) is -0.335. The third-order valence-electron chi connectivity index (χ3n) is 4.36. The van der Waals surface area contributed by atoms with Crippen molar-refractivity contribution in [3.05, 3.63) is 60.2 Å². The van der Waals surface area contributed by atoms with E-state index in [1.165, 1.54) is 4.31 Å². The Kier molecular flexibility index (Phi) is 5.58. The molecule has 1 saturated heterocycles. The molecule has 0 aromatic heterocycles. The molecule has 3 rings (SSSR count). The van der Waals surface area contributed by atoms with Gasteiger partial charge in [-0.3, -0.25) is 0 Å². The van der Waals surface area contributed by atoms with E-state index in [1.54, 1.807) is 49.4 Å². The van der Waals surface area contributed by atoms with Crippen LogP contribution in [-0.4, -0.2) is 51.5 Å². The van der Waals surface area contributed by atoms with Gasteiger partial charge in [0.05, 0.1) is 17.1 Å². The fourth-order valence-electron chi connectivity index (χ4n) is 2.95. The Bertz CT molecular complexity index is 843. The van der Waals surface area contributed by atoms with Crippen molar-refractivity contribution < 1.29 is 17.9 Å². The van der Waals surface area contributed by atoms with Gasteiger partial charge in [0, 0.05) is 31.9 Å². The normalized spacial score (nSPS) is 15.7. The molecule has 7 heteroatoms. The van der Waals surface area contributed by atoms with Crippen molar-refractivity contribution in [2.45, 2.75) is 11.8 Å². The standard InChI is InChI=1S/C19H22N2O4S/c1-2-25-19(22)16-8-10-17(11-9-16)20-12-14-21(15-13-20)26(23,24)18-6-4-3-5-7-18/h3-11H,2,12-15H2,1H3. The average Bonchev–Trinajstić information content (AvgIpc) is 2.69. The Hall–Kier alpha value is -2.38. The lowest BCUT2D eigenvalue weighted by Crippen LogP contribution is -2.48. The largest absolute Gasteiger partial charge is 0.462 e. The Morgan fingerprint density at radius 2 is 1.58 bits per heavy atom. The monoisotopic (exact) mass is 374 g/mol. The van der Waals surface area contributed by atoms with Crippen LogP contribution < -0.4 is 4.90 Å². The number of esters is 1. The minimum Gasteiger partial charge on any atom is -0.462 e. The quantitative estimate of drug-likeness (QED) is 0.752. The van der Waals surface area contributed by atoms with Gasteiger partial charge in [0.15, 0.2) is 0 Å². The smallest absolute Gasteiger partial charge is 0.338 e. The van der Waals surface area contributed by atoms with E-state index in [2.05, 4.69) is 4.90 Å². The summed E-state index contributed by atoms with van der Waals surface area (Å²) < 4.78 is 31.8. The fraction of sp³-hybridized carbons (Fsp3) is 0.316. The number of carbonyl (C=O) groups is 1. The van der Waals surface area contributed by atoms with Crippen LogP contribution in [0.1, 0.15) is 17.3 Å². The van der Waals surface area contributed by atoms with Gasteiger partial charge in [-0.1, -0.05) is 18.2 Å². The van der Waals surface area contributed by atoms with E-state index in [1.807, 2.05) is 12.1 Å². The average molecular weight is 374 g/mol. The number of sulfonamides is 1. The lowest BCUT2D eigenvalue weighted by atomic mass is 10.2. The molecule has 138 valence electrons. The van der Waals surface area contributed by atoms with Crippen LogP contribution in [0.25, 0.3) is 0 Å². The van der Waals surface area contributed by atoms with Crippen molar-refractivity contribution in [1.29, 1.82) is 0 Å². The van der Waals surface area contributed by atoms with E-state index in [-0.39, 0.29) is 5.97 Å². The van der Waals surface area contributed by atoms with Gasteiger partial charge < -0.3 is 9.64 Å². The molecule has 1 aliphatic heterocycles. The molecule has 26 heavy (non-hydrogen) atoms. The maximum Gasteiger partial charge on any atom is 0.338 e. The third kappa shape index (κ3) is 3.89. The zero-order chi connectivity index (χ0) is 18.6. The van der Waals surface area contributed by atoms with Crippen LogP contribution in [0.15, 0.2) is 59.5 Å². The van der Waals surface area contributed by atoms with Crippen LogP contribution in [0.3, 0.4) is 0 Å². The maximum atomic E-state index is 12.7. The molecule has 0 N–H and O–H groups in total. The van der Waals surface area contributed by atoms with Gasteiger partial charge in [-0.05, 0) is 43.3 Å². The summed E-state index contributed by atoms with van der Waals surface area (Å²) in [6.45, 7) is 4.18. The Morgan fingerprint density at radius 1 is 0.962 bits per heavy atom. The van der Waals surface area contributed by atoms with Gasteiger partial charge >= 0.3 is 5.97 Å². The van der Waals surface area contributed by atoms with E-state index >= 15 is 0 Å². The molecule has 0 unspecified atom stereocenters. The lowest BCUT2D eigenvalue weighted by Gasteiger charge is -2.35. The molecular weight excluding hydrogens is 352 g/mol. The van der Waals surface area contributed by atoms with Crippen LogP contribution in [0.4, 0.5) is 5.69 Å². The van der Waals surface area contributed by atoms with Gasteiger partial charge in [-0.2, -0.15) is 4.31 Å². The van der Waals surface area contributed by atoms with Gasteiger partial charge in [0.25, 0.3) is 0 Å². The molecule has 6 nitrogen and oxygen atoms in total. The number of carbonyl (C=O) groups excluding carboxylic acids is 1. The Morgan fingerprint density at radius 3 is 2.15 bits per heavy atom. The molecule has 2 aromatic rings. The highest BCUT2D eigenvalue weighted by Gasteiger charge is 2.28. The molecule has 0 bridgehead atoms. The maximum absolute atomic E-state index is 12.7. The predicted octanol–water partition coefficient (Wildman–Crippen LogP) is 2.37. The van der Waals surface area contributed by atoms with Crippen molar-refractivity contribution in [1.82, 2.24) is 4.31 Å². The van der Waals surface area contributed by atoms with E-state index in [9.17, 15) is 13.2 Å². The topological polar surface area (TPSA) is 66.9 Å². The summed E-state index contributed by atoms with van der Waals surface area (Å²) in [7, 11) is -3.45. The van der Waals surface area contributed by atoms with Gasteiger partial charge in [-0.25, -0.2) is 13.2 Å². The zero-order valence-corrected chi connectivity index (χ0v) is 15.5. The summed E-state index contributed by atoms with van der Waals surface area (Å²) in [5.41, 5.74) is 1.48. The number of rotatable bonds is 5. The van der Waals surface area contributed by atoms with Gasteiger partial charge in [0.2, 0.25) is 10.0 Å². The second kappa shape index (κ2) is 7.88. The molecule has 0 amide bonds. The summed E-state index contributed by atoms with van der Waals surface area (Å²) in [6, 6.07) is 15.7. The Labute approximate surface area is 154 Å². The number of ether oxygens (including phenoxy) is 1. The summed E-state index contributed by atoms with van der Waals surface area (Å²) >= 11 is 0. The van der Waals surface area contributed by atoms with E-state index in [0.717, 1.165) is 5.69 Å². The van der Waals surface area contributed by atoms with Crippen molar-refractivity contribution in [3.63, 3.8) is 0 Å². The molecule has 1 heterocycles. The highest BCUT2D eigenvalue weighted by Crippen LogP contribution is 2.21. The highest BCUT2D eigenvalue weighted by atomic mass is 32.2. The van der Waals surface area contributed by atoms with Crippen molar-refractivity contribution in [3.8, 4) is 0 Å². The summed E-state index contributed by atoms with van der Waals surface area (Å²) in [6.07, 6.45) is 0. The van der Waals surface area contributed by atoms with E-state index in [0.29, 0.717) is 43.2 Å². The number of benzene rings is 2. The van der Waals surface area contributed by atoms with Gasteiger partial charge in [0.1, 0.15) is 0 Å². The van der Waals surface area contributed by atoms with Crippen molar-refractivity contribution in [2.24, 2.45) is 0 Å². The second-order valence-corrected chi connectivity index (χ2v) is 7.91. The third-order valence-corrected chi connectivity index (χ3v) is 6.28. The molecular formula is C19H22N2O4S. The molecule has 0 atom stereocenters. The molecule has 0 aliphatic carbocycles. The van der Waals surface area contributed by atoms with Crippen molar-refractivity contribution in [2.75, 3.05) is 37.7 Å². The number of hydrogen-bond acceptors (Lipinski definition) is 5. The Balaban J connectivity index is 1.64. The van der Waals surface area contributed by atoms with Crippen LogP contribution in [-0.2, 0) is 14.8 Å². The molecule has 1 aliphatic rings. The first-order valence-corrected chi connectivity index (χ1v) is 10.0. The number of nitrogens with zero attached hydrogens (tertiary/aromatic N) is 2. The first-order chi connectivity index (χ1) is 12.5. The van der Waals surface area contributed by atoms with Crippen LogP contribution in [0, 0.1) is 0 Å². The van der Waals surface area contributed by atoms with Crippen molar-refractivity contribution >= 4 is 21.7 Å². The number of hydrogen-bond donors (Lipinski definition) is 0. The molecule has 2 aromatic carbocycles. The number of anilines is 1.